The van der Waals surface area contributed by atoms with Crippen molar-refractivity contribution in [3.05, 3.63) is 52.1 Å². The number of esters is 1. The lowest BCUT2D eigenvalue weighted by Crippen LogP contribution is -2.59. The van der Waals surface area contributed by atoms with Gasteiger partial charge in [-0.2, -0.15) is 0 Å². The number of nitrogens with zero attached hydrogens (tertiary/aromatic N) is 2. The van der Waals surface area contributed by atoms with E-state index in [9.17, 15) is 24.5 Å². The summed E-state index contributed by atoms with van der Waals surface area (Å²) in [7, 11) is 2.61. The highest BCUT2D eigenvalue weighted by Crippen LogP contribution is 2.37. The summed E-state index contributed by atoms with van der Waals surface area (Å²) in [4.78, 5) is 50.0. The molecule has 2 aromatic rings. The van der Waals surface area contributed by atoms with Crippen molar-refractivity contribution in [1.29, 1.82) is 0 Å². The molecule has 3 rings (SSSR count). The predicted molar refractivity (Wildman–Crippen MR) is 113 cm³/mol. The second kappa shape index (κ2) is 8.53. The Morgan fingerprint density at radius 3 is 2.38 bits per heavy atom. The van der Waals surface area contributed by atoms with Crippen LogP contribution in [0.15, 0.2) is 36.4 Å². The molecule has 0 aromatic heterocycles. The van der Waals surface area contributed by atoms with E-state index < -0.39 is 46.1 Å². The Morgan fingerprint density at radius 1 is 1.12 bits per heavy atom. The van der Waals surface area contributed by atoms with Gasteiger partial charge in [-0.25, -0.2) is 4.79 Å². The highest BCUT2D eigenvalue weighted by atomic mass is 16.6. The normalized spacial score (nSPS) is 14.1. The van der Waals surface area contributed by atoms with Crippen LogP contribution < -0.4 is 19.7 Å². The molecule has 1 heterocycles. The van der Waals surface area contributed by atoms with E-state index in [-0.39, 0.29) is 11.5 Å². The van der Waals surface area contributed by atoms with Gasteiger partial charge in [0.05, 0.1) is 36.6 Å². The van der Waals surface area contributed by atoms with Crippen LogP contribution >= 0.6 is 0 Å². The minimum atomic E-state index is -1.26. The number of carbonyl (C=O) groups is 3. The minimum Gasteiger partial charge on any atom is -0.493 e. The Kier molecular flexibility index (Phi) is 6.01. The number of nitrogens with one attached hydrogen (secondary N) is 1. The van der Waals surface area contributed by atoms with Crippen molar-refractivity contribution in [2.45, 2.75) is 19.4 Å². The van der Waals surface area contributed by atoms with Crippen LogP contribution in [0.25, 0.3) is 0 Å². The molecule has 0 saturated heterocycles. The maximum atomic E-state index is 13.0. The first kappa shape index (κ1) is 22.5. The van der Waals surface area contributed by atoms with Crippen LogP contribution in [0.1, 0.15) is 24.2 Å². The molecule has 32 heavy (non-hydrogen) atoms. The largest absolute Gasteiger partial charge is 0.493 e. The highest BCUT2D eigenvalue weighted by molar-refractivity contribution is 6.14. The van der Waals surface area contributed by atoms with Gasteiger partial charge in [0.1, 0.15) is 11.1 Å². The van der Waals surface area contributed by atoms with Crippen LogP contribution in [-0.4, -0.2) is 49.1 Å². The molecular formula is C21H21N3O8. The van der Waals surface area contributed by atoms with Gasteiger partial charge in [-0.15, -0.1) is 0 Å². The summed E-state index contributed by atoms with van der Waals surface area (Å²) in [6.07, 6.45) is 0. The lowest BCUT2D eigenvalue weighted by atomic mass is 9.96. The van der Waals surface area contributed by atoms with Crippen LogP contribution in [0.3, 0.4) is 0 Å². The van der Waals surface area contributed by atoms with Gasteiger partial charge in [-0.3, -0.25) is 24.6 Å². The van der Waals surface area contributed by atoms with Gasteiger partial charge in [0.25, 0.3) is 11.6 Å². The third-order valence-corrected chi connectivity index (χ3v) is 5.00. The number of ether oxygens (including phenoxy) is 3. The molecular weight excluding hydrogens is 422 g/mol. The van der Waals surface area contributed by atoms with Gasteiger partial charge in [0.2, 0.25) is 5.91 Å². The number of methoxy groups -OCH3 is 2. The standard InChI is InChI=1S/C21H21N3O8/c1-21(2)20(27)22-13-7-5-6-8-14(13)23(21)18(25)11-32-19(26)12-9-16(30-3)17(31-4)10-15(12)24(28)29/h5-10H,11H2,1-4H3,(H,22,27). The van der Waals surface area contributed by atoms with Crippen molar-refractivity contribution in [3.63, 3.8) is 0 Å². The molecule has 0 fully saturated rings. The van der Waals surface area contributed by atoms with E-state index >= 15 is 0 Å². The molecule has 0 spiro atoms. The Hall–Kier alpha value is -4.15. The molecule has 11 nitrogen and oxygen atoms in total. The number of rotatable bonds is 6. The van der Waals surface area contributed by atoms with E-state index in [1.54, 1.807) is 38.1 Å². The maximum absolute atomic E-state index is 13.0. The zero-order valence-corrected chi connectivity index (χ0v) is 17.8. The van der Waals surface area contributed by atoms with Gasteiger partial charge in [-0.1, -0.05) is 12.1 Å². The maximum Gasteiger partial charge on any atom is 0.345 e. The number of hydrogen-bond acceptors (Lipinski definition) is 8. The van der Waals surface area contributed by atoms with Crippen LogP contribution in [-0.2, 0) is 14.3 Å². The summed E-state index contributed by atoms with van der Waals surface area (Å²) >= 11 is 0. The van der Waals surface area contributed by atoms with Crippen molar-refractivity contribution in [1.82, 2.24) is 0 Å². The number of fused-ring (bicyclic) bond motifs is 1. The molecule has 0 atom stereocenters. The van der Waals surface area contributed by atoms with E-state index in [2.05, 4.69) is 5.32 Å². The predicted octanol–water partition coefficient (Wildman–Crippen LogP) is 2.53. The fourth-order valence-corrected chi connectivity index (χ4v) is 3.35. The van der Waals surface area contributed by atoms with E-state index in [0.717, 1.165) is 12.1 Å². The Labute approximate surface area is 183 Å². The number of nitro groups is 1. The summed E-state index contributed by atoms with van der Waals surface area (Å²) in [5.74, 6) is -2.04. The first-order chi connectivity index (χ1) is 15.1. The van der Waals surface area contributed by atoms with Gasteiger partial charge < -0.3 is 19.5 Å². The van der Waals surface area contributed by atoms with Crippen LogP contribution in [0.4, 0.5) is 17.1 Å². The summed E-state index contributed by atoms with van der Waals surface area (Å²) in [6.45, 7) is 2.36. The van der Waals surface area contributed by atoms with Crippen LogP contribution in [0, 0.1) is 10.1 Å². The lowest BCUT2D eigenvalue weighted by molar-refractivity contribution is -0.385. The molecule has 0 bridgehead atoms. The zero-order valence-electron chi connectivity index (χ0n) is 17.8. The van der Waals surface area contributed by atoms with Crippen LogP contribution in [0.2, 0.25) is 0 Å². The third-order valence-electron chi connectivity index (χ3n) is 5.00. The van der Waals surface area contributed by atoms with Gasteiger partial charge >= 0.3 is 5.97 Å². The number of hydrogen-bond donors (Lipinski definition) is 1. The van der Waals surface area contributed by atoms with E-state index in [1.165, 1.54) is 19.1 Å². The lowest BCUT2D eigenvalue weighted by Gasteiger charge is -2.41. The number of para-hydroxylation sites is 2. The Morgan fingerprint density at radius 2 is 1.75 bits per heavy atom. The second-order valence-electron chi connectivity index (χ2n) is 7.32. The monoisotopic (exact) mass is 443 g/mol. The molecule has 1 aliphatic rings. The summed E-state index contributed by atoms with van der Waals surface area (Å²) < 4.78 is 15.2. The third kappa shape index (κ3) is 3.92. The van der Waals surface area contributed by atoms with Crippen molar-refractivity contribution in [2.75, 3.05) is 31.0 Å². The molecule has 2 amide bonds. The fraction of sp³-hybridized carbons (Fsp3) is 0.286. The number of benzene rings is 2. The van der Waals surface area contributed by atoms with Crippen LogP contribution in [0.5, 0.6) is 11.5 Å². The van der Waals surface area contributed by atoms with Crippen molar-refractivity contribution >= 4 is 34.8 Å². The number of carbonyl (C=O) groups excluding carboxylic acids is 3. The van der Waals surface area contributed by atoms with Gasteiger partial charge in [0, 0.05) is 6.07 Å². The van der Waals surface area contributed by atoms with Crippen molar-refractivity contribution < 1.29 is 33.5 Å². The second-order valence-corrected chi connectivity index (χ2v) is 7.32. The number of nitro benzene ring substituents is 1. The molecule has 0 saturated carbocycles. The molecule has 11 heteroatoms. The van der Waals surface area contributed by atoms with Crippen molar-refractivity contribution in [2.24, 2.45) is 0 Å². The molecule has 0 unspecified atom stereocenters. The first-order valence-corrected chi connectivity index (χ1v) is 9.43. The number of amides is 2. The van der Waals surface area contributed by atoms with Gasteiger partial charge in [-0.05, 0) is 26.0 Å². The highest BCUT2D eigenvalue weighted by Gasteiger charge is 2.43. The summed E-state index contributed by atoms with van der Waals surface area (Å²) in [5.41, 5.74) is -1.35. The number of anilines is 2. The molecule has 1 aliphatic heterocycles. The van der Waals surface area contributed by atoms with E-state index in [4.69, 9.17) is 14.2 Å². The van der Waals surface area contributed by atoms with E-state index in [1.807, 2.05) is 0 Å². The van der Waals surface area contributed by atoms with E-state index in [0.29, 0.717) is 11.4 Å². The zero-order chi connectivity index (χ0) is 23.6. The quantitative estimate of drug-likeness (QED) is 0.408. The molecule has 0 aliphatic carbocycles. The topological polar surface area (TPSA) is 137 Å². The molecule has 168 valence electrons. The van der Waals surface area contributed by atoms with Crippen molar-refractivity contribution in [3.8, 4) is 11.5 Å². The molecule has 1 N–H and O–H groups in total. The first-order valence-electron chi connectivity index (χ1n) is 9.43. The Bertz CT molecular complexity index is 1110. The Balaban J connectivity index is 1.87. The van der Waals surface area contributed by atoms with Gasteiger partial charge in [0.15, 0.2) is 18.1 Å². The summed E-state index contributed by atoms with van der Waals surface area (Å²) in [6, 6.07) is 8.84. The average molecular weight is 443 g/mol. The fourth-order valence-electron chi connectivity index (χ4n) is 3.35. The average Bonchev–Trinajstić information content (AvgIpc) is 2.76. The molecule has 2 aromatic carbocycles. The molecule has 0 radical (unpaired) electrons. The summed E-state index contributed by atoms with van der Waals surface area (Å²) in [5, 5.41) is 14.1. The minimum absolute atomic E-state index is 0.0597. The smallest absolute Gasteiger partial charge is 0.345 e. The SMILES string of the molecule is COc1cc(C(=O)OCC(=O)N2c3ccccc3NC(=O)C2(C)C)c([N+](=O)[O-])cc1OC.